The number of aromatic nitrogens is 1. The van der Waals surface area contributed by atoms with Gasteiger partial charge in [0.05, 0.1) is 25.4 Å². The van der Waals surface area contributed by atoms with Crippen LogP contribution in [0.4, 0.5) is 32.0 Å². The molecule has 0 spiro atoms. The van der Waals surface area contributed by atoms with Crippen LogP contribution in [0, 0.1) is 6.92 Å². The number of morpholine rings is 1. The van der Waals surface area contributed by atoms with Gasteiger partial charge in [0.25, 0.3) is 11.8 Å². The van der Waals surface area contributed by atoms with Crippen molar-refractivity contribution in [3.8, 4) is 5.88 Å². The summed E-state index contributed by atoms with van der Waals surface area (Å²) in [6, 6.07) is 0. The number of nitrogen functional groups attached to an aromatic ring is 1. The van der Waals surface area contributed by atoms with Crippen molar-refractivity contribution in [2.45, 2.75) is 59.5 Å². The fourth-order valence-electron chi connectivity index (χ4n) is 2.77. The molecule has 1 aliphatic rings. The van der Waals surface area contributed by atoms with Crippen LogP contribution in [0.1, 0.15) is 56.2 Å². The monoisotopic (exact) mass is 548 g/mol. The summed E-state index contributed by atoms with van der Waals surface area (Å²) < 4.78 is 89.2. The molecule has 9 nitrogen and oxygen atoms in total. The van der Waals surface area contributed by atoms with Crippen molar-refractivity contribution in [1.29, 1.82) is 0 Å². The number of halogens is 6. The zero-order chi connectivity index (χ0) is 29.2. The number of ether oxygens (including phenoxy) is 2. The third kappa shape index (κ3) is 9.22. The first-order chi connectivity index (χ1) is 17.1. The number of nitrogens with one attached hydrogen (secondary N) is 1. The van der Waals surface area contributed by atoms with Gasteiger partial charge in [-0.2, -0.15) is 26.3 Å². The quantitative estimate of drug-likeness (QED) is 0.466. The Labute approximate surface area is 211 Å². The Morgan fingerprint density at radius 2 is 1.62 bits per heavy atom. The molecule has 2 rings (SSSR count). The number of pyridine rings is 1. The molecule has 1 aromatic rings. The standard InChI is InChI=1S/C18H22F6N4O5.2C2H6/c1-9-11(17(19,20)21)15(33-7-10(29)28-3-5-32-6-4-28)27-13(12(9)25)14(30)26-8-16(2,31)18(22,23)24;2*1-2/h31H,3-8,25H2,1-2H3,(H,26,30);2*1-2H3. The lowest BCUT2D eigenvalue weighted by Crippen LogP contribution is -2.51. The van der Waals surface area contributed by atoms with Crippen LogP contribution in [0.25, 0.3) is 0 Å². The molecule has 1 aromatic heterocycles. The van der Waals surface area contributed by atoms with Gasteiger partial charge in [-0.3, -0.25) is 9.59 Å². The Hall–Kier alpha value is -2.81. The lowest BCUT2D eigenvalue weighted by atomic mass is 10.1. The fourth-order valence-corrected chi connectivity index (χ4v) is 2.77. The van der Waals surface area contributed by atoms with Gasteiger partial charge in [0, 0.05) is 13.1 Å². The highest BCUT2D eigenvalue weighted by Gasteiger charge is 2.50. The summed E-state index contributed by atoms with van der Waals surface area (Å²) in [6.07, 6.45) is -10.1. The van der Waals surface area contributed by atoms with Crippen molar-refractivity contribution in [2.24, 2.45) is 0 Å². The van der Waals surface area contributed by atoms with Crippen LogP contribution in [0.15, 0.2) is 0 Å². The number of carbonyl (C=O) groups is 2. The van der Waals surface area contributed by atoms with E-state index in [-0.39, 0.29) is 26.3 Å². The molecule has 1 saturated heterocycles. The zero-order valence-corrected chi connectivity index (χ0v) is 21.6. The van der Waals surface area contributed by atoms with E-state index in [4.69, 9.17) is 15.2 Å². The van der Waals surface area contributed by atoms with Gasteiger partial charge in [0.1, 0.15) is 5.56 Å². The Balaban J connectivity index is 0.00000308. The van der Waals surface area contributed by atoms with Crippen LogP contribution in [-0.2, 0) is 15.7 Å². The second kappa shape index (κ2) is 14.2. The van der Waals surface area contributed by atoms with Gasteiger partial charge in [0.2, 0.25) is 5.88 Å². The van der Waals surface area contributed by atoms with Crippen LogP contribution < -0.4 is 15.8 Å². The van der Waals surface area contributed by atoms with E-state index in [0.29, 0.717) is 6.92 Å². The largest absolute Gasteiger partial charge is 0.467 e. The summed E-state index contributed by atoms with van der Waals surface area (Å²) >= 11 is 0. The minimum atomic E-state index is -5.09. The van der Waals surface area contributed by atoms with E-state index in [2.05, 4.69) is 4.98 Å². The molecule has 2 amide bonds. The predicted octanol–water partition coefficient (Wildman–Crippen LogP) is 3.32. The Bertz CT molecular complexity index is 901. The summed E-state index contributed by atoms with van der Waals surface area (Å²) in [5.74, 6) is -3.17. The average Bonchev–Trinajstić information content (AvgIpc) is 2.84. The molecule has 0 aromatic carbocycles. The highest BCUT2D eigenvalue weighted by molar-refractivity contribution is 5.98. The lowest BCUT2D eigenvalue weighted by molar-refractivity contribution is -0.249. The number of carbonyl (C=O) groups excluding carboxylic acids is 2. The van der Waals surface area contributed by atoms with Crippen molar-refractivity contribution >= 4 is 17.5 Å². The van der Waals surface area contributed by atoms with Crippen LogP contribution in [-0.4, -0.2) is 78.0 Å². The van der Waals surface area contributed by atoms with Crippen LogP contribution in [0.5, 0.6) is 5.88 Å². The van der Waals surface area contributed by atoms with Crippen LogP contribution >= 0.6 is 0 Å². The van der Waals surface area contributed by atoms with E-state index in [1.807, 2.05) is 27.7 Å². The van der Waals surface area contributed by atoms with Gasteiger partial charge in [-0.15, -0.1) is 0 Å². The van der Waals surface area contributed by atoms with Crippen LogP contribution in [0.2, 0.25) is 0 Å². The highest BCUT2D eigenvalue weighted by Crippen LogP contribution is 2.40. The summed E-state index contributed by atoms with van der Waals surface area (Å²) in [4.78, 5) is 29.3. The molecule has 4 N–H and O–H groups in total. The number of nitrogens with zero attached hydrogens (tertiary/aromatic N) is 2. The van der Waals surface area contributed by atoms with E-state index >= 15 is 0 Å². The average molecular weight is 549 g/mol. The number of aliphatic hydroxyl groups is 1. The van der Waals surface area contributed by atoms with Gasteiger partial charge in [-0.25, -0.2) is 4.98 Å². The molecule has 0 saturated carbocycles. The fraction of sp³-hybridized carbons (Fsp3) is 0.682. The van der Waals surface area contributed by atoms with Gasteiger partial charge < -0.3 is 30.5 Å². The first-order valence-electron chi connectivity index (χ1n) is 11.5. The lowest BCUT2D eigenvalue weighted by Gasteiger charge is -2.27. The van der Waals surface area contributed by atoms with E-state index in [1.165, 1.54) is 4.90 Å². The SMILES string of the molecule is CC.CC.Cc1c(N)c(C(=O)NCC(C)(O)C(F)(F)F)nc(OCC(=O)N2CCOCC2)c1C(F)(F)F. The molecule has 0 radical (unpaired) electrons. The topological polar surface area (TPSA) is 127 Å². The minimum Gasteiger partial charge on any atom is -0.467 e. The maximum Gasteiger partial charge on any atom is 0.421 e. The number of hydrogen-bond acceptors (Lipinski definition) is 7. The normalized spacial score (nSPS) is 15.3. The van der Waals surface area contributed by atoms with E-state index in [0.717, 1.165) is 6.92 Å². The van der Waals surface area contributed by atoms with Gasteiger partial charge in [-0.05, 0) is 19.4 Å². The second-order valence-corrected chi connectivity index (χ2v) is 7.41. The van der Waals surface area contributed by atoms with Crippen molar-refractivity contribution in [1.82, 2.24) is 15.2 Å². The second-order valence-electron chi connectivity index (χ2n) is 7.41. The first-order valence-corrected chi connectivity index (χ1v) is 11.5. The number of hydrogen-bond donors (Lipinski definition) is 3. The van der Waals surface area contributed by atoms with E-state index in [1.54, 1.807) is 5.32 Å². The van der Waals surface area contributed by atoms with Crippen molar-refractivity contribution in [3.05, 3.63) is 16.8 Å². The molecule has 1 aliphatic heterocycles. The number of amides is 2. The van der Waals surface area contributed by atoms with Crippen molar-refractivity contribution < 1.29 is 50.5 Å². The Morgan fingerprint density at radius 1 is 1.11 bits per heavy atom. The molecular weight excluding hydrogens is 514 g/mol. The molecule has 0 aliphatic carbocycles. The predicted molar refractivity (Wildman–Crippen MR) is 123 cm³/mol. The van der Waals surface area contributed by atoms with E-state index in [9.17, 15) is 41.0 Å². The minimum absolute atomic E-state index is 0.204. The molecule has 2 heterocycles. The Morgan fingerprint density at radius 3 is 2.08 bits per heavy atom. The van der Waals surface area contributed by atoms with Crippen molar-refractivity contribution in [3.63, 3.8) is 0 Å². The van der Waals surface area contributed by atoms with Gasteiger partial charge in [-0.1, -0.05) is 27.7 Å². The third-order valence-electron chi connectivity index (χ3n) is 4.86. The summed E-state index contributed by atoms with van der Waals surface area (Å²) in [6.45, 7) is 8.04. The maximum absolute atomic E-state index is 13.6. The zero-order valence-electron chi connectivity index (χ0n) is 21.6. The first kappa shape index (κ1) is 34.2. The van der Waals surface area contributed by atoms with Crippen molar-refractivity contribution in [2.75, 3.05) is 45.2 Å². The Kier molecular flexibility index (Phi) is 13.1. The summed E-state index contributed by atoms with van der Waals surface area (Å²) in [5.41, 5.74) is -1.43. The van der Waals surface area contributed by atoms with Crippen LogP contribution in [0.3, 0.4) is 0 Å². The number of nitrogens with two attached hydrogens (primary N) is 1. The number of alkyl halides is 6. The molecule has 214 valence electrons. The van der Waals surface area contributed by atoms with E-state index < -0.39 is 71.3 Å². The highest BCUT2D eigenvalue weighted by atomic mass is 19.4. The third-order valence-corrected chi connectivity index (χ3v) is 4.86. The molecule has 37 heavy (non-hydrogen) atoms. The number of anilines is 1. The molecule has 1 atom stereocenters. The molecule has 15 heteroatoms. The van der Waals surface area contributed by atoms with Gasteiger partial charge in [0.15, 0.2) is 17.9 Å². The smallest absolute Gasteiger partial charge is 0.421 e. The molecular formula is C22H34F6N4O5. The summed E-state index contributed by atoms with van der Waals surface area (Å²) in [5, 5.41) is 11.2. The number of rotatable bonds is 6. The molecule has 1 unspecified atom stereocenters. The van der Waals surface area contributed by atoms with Gasteiger partial charge >= 0.3 is 12.4 Å². The summed E-state index contributed by atoms with van der Waals surface area (Å²) in [7, 11) is 0. The maximum atomic E-state index is 13.6. The molecule has 0 bridgehead atoms. The molecule has 1 fully saturated rings.